The minimum absolute atomic E-state index is 0.159. The van der Waals surface area contributed by atoms with Gasteiger partial charge < -0.3 is 15.9 Å². The molecule has 1 aliphatic carbocycles. The maximum atomic E-state index is 9.83. The zero-order chi connectivity index (χ0) is 9.64. The van der Waals surface area contributed by atoms with Crippen molar-refractivity contribution in [2.45, 2.75) is 18.6 Å². The Kier molecular flexibility index (Phi) is 1.73. The molecule has 70 valence electrons. The van der Waals surface area contributed by atoms with Gasteiger partial charge in [0.15, 0.2) is 0 Å². The van der Waals surface area contributed by atoms with E-state index < -0.39 is 11.6 Å². The van der Waals surface area contributed by atoms with Gasteiger partial charge in [0.25, 0.3) is 0 Å². The normalized spacial score (nSPS) is 32.5. The lowest BCUT2D eigenvalue weighted by molar-refractivity contribution is 0.119. The number of hydrogen-bond acceptors (Lipinski definition) is 4. The summed E-state index contributed by atoms with van der Waals surface area (Å²) in [6.45, 7) is 1.69. The van der Waals surface area contributed by atoms with Gasteiger partial charge in [-0.1, -0.05) is 0 Å². The van der Waals surface area contributed by atoms with Crippen LogP contribution in [0.3, 0.4) is 0 Å². The third-order valence-electron chi connectivity index (χ3n) is 2.26. The van der Waals surface area contributed by atoms with Crippen molar-refractivity contribution >= 4 is 17.1 Å². The molecule has 0 spiro atoms. The quantitative estimate of drug-likeness (QED) is 0.589. The molecule has 2 atom stereocenters. The summed E-state index contributed by atoms with van der Waals surface area (Å²) in [6.07, 6.45) is 0.769. The van der Waals surface area contributed by atoms with E-state index in [0.29, 0.717) is 5.56 Å². The van der Waals surface area contributed by atoms with Gasteiger partial charge in [0, 0.05) is 10.4 Å². The fourth-order valence-corrected chi connectivity index (χ4v) is 2.51. The van der Waals surface area contributed by atoms with Crippen molar-refractivity contribution in [3.8, 4) is 0 Å². The maximum Gasteiger partial charge on any atom is 0.121 e. The molecule has 0 radical (unpaired) electrons. The van der Waals surface area contributed by atoms with Gasteiger partial charge in [0.2, 0.25) is 0 Å². The van der Waals surface area contributed by atoms with Gasteiger partial charge in [-0.05, 0) is 24.4 Å². The van der Waals surface area contributed by atoms with E-state index in [2.05, 4.69) is 0 Å². The van der Waals surface area contributed by atoms with Crippen LogP contribution in [0.1, 0.15) is 23.5 Å². The Labute approximate surface area is 80.1 Å². The standard InChI is InChI=1S/C9H11NO2S/c1-9(10)4-6(11)5-2-3-13-7(5)8(9)12/h2-4,8,11-12H,10H2,1H3. The zero-order valence-electron chi connectivity index (χ0n) is 7.19. The van der Waals surface area contributed by atoms with Crippen LogP contribution >= 0.6 is 11.3 Å². The summed E-state index contributed by atoms with van der Waals surface area (Å²) >= 11 is 1.41. The second-order valence-electron chi connectivity index (χ2n) is 3.50. The van der Waals surface area contributed by atoms with Crippen molar-refractivity contribution in [3.63, 3.8) is 0 Å². The highest BCUT2D eigenvalue weighted by molar-refractivity contribution is 7.10. The number of fused-ring (bicyclic) bond motifs is 1. The number of hydrogen-bond donors (Lipinski definition) is 3. The summed E-state index contributed by atoms with van der Waals surface area (Å²) in [6, 6.07) is 1.78. The van der Waals surface area contributed by atoms with Crippen LogP contribution in [-0.2, 0) is 0 Å². The minimum atomic E-state index is -0.873. The summed E-state index contributed by atoms with van der Waals surface area (Å²) in [4.78, 5) is 0.741. The Balaban J connectivity index is 2.59. The van der Waals surface area contributed by atoms with Crippen LogP contribution in [0.4, 0.5) is 0 Å². The Morgan fingerprint density at radius 3 is 3.00 bits per heavy atom. The molecule has 0 bridgehead atoms. The van der Waals surface area contributed by atoms with Crippen molar-refractivity contribution in [2.75, 3.05) is 0 Å². The molecule has 2 unspecified atom stereocenters. The average molecular weight is 197 g/mol. The number of thiophene rings is 1. The van der Waals surface area contributed by atoms with Crippen LogP contribution < -0.4 is 5.73 Å². The van der Waals surface area contributed by atoms with Crippen molar-refractivity contribution in [3.05, 3.63) is 28.0 Å². The monoisotopic (exact) mass is 197 g/mol. The number of aliphatic hydroxyl groups is 2. The summed E-state index contributed by atoms with van der Waals surface area (Å²) in [5.74, 6) is 0.159. The summed E-state index contributed by atoms with van der Waals surface area (Å²) in [5, 5.41) is 21.2. The van der Waals surface area contributed by atoms with Gasteiger partial charge in [-0.3, -0.25) is 0 Å². The number of rotatable bonds is 0. The molecule has 13 heavy (non-hydrogen) atoms. The fourth-order valence-electron chi connectivity index (χ4n) is 1.48. The Hall–Kier alpha value is -0.840. The van der Waals surface area contributed by atoms with Crippen molar-refractivity contribution in [2.24, 2.45) is 5.73 Å². The Morgan fingerprint density at radius 1 is 1.62 bits per heavy atom. The first-order valence-electron chi connectivity index (χ1n) is 3.99. The van der Waals surface area contributed by atoms with Gasteiger partial charge >= 0.3 is 0 Å². The topological polar surface area (TPSA) is 66.5 Å². The average Bonchev–Trinajstić information content (AvgIpc) is 2.47. The Bertz CT molecular complexity index is 367. The highest BCUT2D eigenvalue weighted by Crippen LogP contribution is 2.39. The van der Waals surface area contributed by atoms with Gasteiger partial charge in [-0.15, -0.1) is 11.3 Å². The third kappa shape index (κ3) is 1.18. The molecule has 3 nitrogen and oxygen atoms in total. The SMILES string of the molecule is CC1(N)C=C(O)c2ccsc2C1O. The Morgan fingerprint density at radius 2 is 2.31 bits per heavy atom. The maximum absolute atomic E-state index is 9.83. The summed E-state index contributed by atoms with van der Waals surface area (Å²) < 4.78 is 0. The predicted octanol–water partition coefficient (Wildman–Crippen LogP) is 1.41. The van der Waals surface area contributed by atoms with Gasteiger partial charge in [-0.2, -0.15) is 0 Å². The van der Waals surface area contributed by atoms with Crippen LogP contribution in [0, 0.1) is 0 Å². The summed E-state index contributed by atoms with van der Waals surface area (Å²) in [5.41, 5.74) is 5.63. The molecule has 4 N–H and O–H groups in total. The molecule has 0 saturated carbocycles. The number of nitrogens with two attached hydrogens (primary N) is 1. The van der Waals surface area contributed by atoms with Gasteiger partial charge in [0.05, 0.1) is 5.54 Å². The van der Waals surface area contributed by atoms with E-state index in [9.17, 15) is 10.2 Å². The molecule has 4 heteroatoms. The molecule has 0 amide bonds. The second kappa shape index (κ2) is 2.57. The van der Waals surface area contributed by atoms with E-state index in [1.165, 1.54) is 17.4 Å². The molecule has 1 aromatic rings. The first kappa shape index (κ1) is 8.74. The van der Waals surface area contributed by atoms with E-state index in [4.69, 9.17) is 5.73 Å². The van der Waals surface area contributed by atoms with E-state index >= 15 is 0 Å². The molecule has 1 aromatic heterocycles. The van der Waals surface area contributed by atoms with Crippen LogP contribution in [0.15, 0.2) is 17.5 Å². The van der Waals surface area contributed by atoms with E-state index in [-0.39, 0.29) is 5.76 Å². The van der Waals surface area contributed by atoms with Crippen molar-refractivity contribution in [1.82, 2.24) is 0 Å². The zero-order valence-corrected chi connectivity index (χ0v) is 8.01. The van der Waals surface area contributed by atoms with E-state index in [1.807, 2.05) is 5.38 Å². The lowest BCUT2D eigenvalue weighted by Crippen LogP contribution is -2.42. The van der Waals surface area contributed by atoms with Crippen LogP contribution in [0.25, 0.3) is 5.76 Å². The van der Waals surface area contributed by atoms with Gasteiger partial charge in [-0.25, -0.2) is 0 Å². The van der Waals surface area contributed by atoms with Crippen molar-refractivity contribution in [1.29, 1.82) is 0 Å². The van der Waals surface area contributed by atoms with Gasteiger partial charge in [0.1, 0.15) is 11.9 Å². The first-order chi connectivity index (χ1) is 6.02. The molecule has 0 fully saturated rings. The third-order valence-corrected chi connectivity index (χ3v) is 3.23. The van der Waals surface area contributed by atoms with Crippen LogP contribution in [0.5, 0.6) is 0 Å². The molecule has 0 aliphatic heterocycles. The van der Waals surface area contributed by atoms with Crippen LogP contribution in [0.2, 0.25) is 0 Å². The largest absolute Gasteiger partial charge is 0.508 e. The lowest BCUT2D eigenvalue weighted by atomic mass is 9.87. The smallest absolute Gasteiger partial charge is 0.121 e. The van der Waals surface area contributed by atoms with E-state index in [1.54, 1.807) is 13.0 Å². The lowest BCUT2D eigenvalue weighted by Gasteiger charge is -2.31. The molecule has 1 aliphatic rings. The summed E-state index contributed by atoms with van der Waals surface area (Å²) in [7, 11) is 0. The van der Waals surface area contributed by atoms with E-state index in [0.717, 1.165) is 4.88 Å². The highest BCUT2D eigenvalue weighted by Gasteiger charge is 2.35. The first-order valence-corrected chi connectivity index (χ1v) is 4.87. The molecule has 0 saturated heterocycles. The molecular weight excluding hydrogens is 186 g/mol. The molecule has 0 aromatic carbocycles. The second-order valence-corrected chi connectivity index (χ2v) is 4.44. The van der Waals surface area contributed by atoms with Crippen LogP contribution in [-0.4, -0.2) is 15.8 Å². The predicted molar refractivity (Wildman–Crippen MR) is 52.5 cm³/mol. The molecule has 1 heterocycles. The number of aliphatic hydroxyl groups excluding tert-OH is 2. The fraction of sp³-hybridized carbons (Fsp3) is 0.333. The van der Waals surface area contributed by atoms with Crippen molar-refractivity contribution < 1.29 is 10.2 Å². The minimum Gasteiger partial charge on any atom is -0.508 e. The highest BCUT2D eigenvalue weighted by atomic mass is 32.1. The molecular formula is C9H11NO2S. The molecule has 2 rings (SSSR count).